The van der Waals surface area contributed by atoms with E-state index in [9.17, 15) is 19.5 Å². The summed E-state index contributed by atoms with van der Waals surface area (Å²) in [5.74, 6) is -1.05. The van der Waals surface area contributed by atoms with Gasteiger partial charge in [0, 0.05) is 43.6 Å². The molecule has 4 aliphatic heterocycles. The zero-order chi connectivity index (χ0) is 24.7. The van der Waals surface area contributed by atoms with Crippen LogP contribution in [0.1, 0.15) is 53.4 Å². The highest BCUT2D eigenvalue weighted by Crippen LogP contribution is 2.61. The molecule has 4 rings (SSSR count). The van der Waals surface area contributed by atoms with Crippen molar-refractivity contribution in [1.82, 2.24) is 14.7 Å². The molecule has 5 atom stereocenters. The van der Waals surface area contributed by atoms with Crippen LogP contribution in [0.2, 0.25) is 0 Å². The molecule has 0 saturated carbocycles. The average molecular weight is 490 g/mol. The van der Waals surface area contributed by atoms with Crippen LogP contribution in [0.4, 0.5) is 0 Å². The summed E-state index contributed by atoms with van der Waals surface area (Å²) in [6, 6.07) is -0.616. The summed E-state index contributed by atoms with van der Waals surface area (Å²) in [7, 11) is 0. The van der Waals surface area contributed by atoms with Crippen molar-refractivity contribution >= 4 is 29.5 Å². The van der Waals surface area contributed by atoms with Gasteiger partial charge in [-0.1, -0.05) is 31.2 Å². The molecule has 3 amide bonds. The Labute approximate surface area is 207 Å². The van der Waals surface area contributed by atoms with Gasteiger partial charge in [0.15, 0.2) is 0 Å². The Hall–Kier alpha value is -1.80. The van der Waals surface area contributed by atoms with Crippen LogP contribution in [-0.4, -0.2) is 91.9 Å². The van der Waals surface area contributed by atoms with Gasteiger partial charge in [0.25, 0.3) is 0 Å². The largest absolute Gasteiger partial charge is 0.396 e. The number of hydrogen-bond donors (Lipinski definition) is 1. The molecular weight excluding hydrogens is 450 g/mol. The summed E-state index contributed by atoms with van der Waals surface area (Å²) in [4.78, 5) is 47.4. The first-order valence-corrected chi connectivity index (χ1v) is 13.6. The van der Waals surface area contributed by atoms with Gasteiger partial charge in [-0.25, -0.2) is 0 Å². The first kappa shape index (κ1) is 25.3. The molecule has 0 aromatic carbocycles. The fourth-order valence-electron chi connectivity index (χ4n) is 6.07. The number of fused-ring (bicyclic) bond motifs is 2. The van der Waals surface area contributed by atoms with Crippen molar-refractivity contribution in [3.63, 3.8) is 0 Å². The second-order valence-electron chi connectivity index (χ2n) is 10.9. The van der Waals surface area contributed by atoms with Crippen LogP contribution in [0.3, 0.4) is 0 Å². The van der Waals surface area contributed by atoms with Crippen molar-refractivity contribution in [3.8, 4) is 0 Å². The number of thioether (sulfide) groups is 1. The standard InChI is InChI=1S/C26H39N3O4S/c1-5-13-27-14-9-11-18-19(22(27)31)20-23(32)28(15-7-6-8-17-30)21-24(33)29(25(2,3)4)16-10-12-26(20,21)34-18/h9-12,18-21,30H,5-8,13-17H2,1-4H3/t18-,19+,20+,21?,26+/m1/s1. The predicted octanol–water partition coefficient (Wildman–Crippen LogP) is 2.45. The average Bonchev–Trinajstić information content (AvgIpc) is 3.08. The molecule has 1 N–H and O–H groups in total. The highest BCUT2D eigenvalue weighted by molar-refractivity contribution is 8.02. The number of likely N-dealkylation sites (tertiary alicyclic amines) is 1. The minimum absolute atomic E-state index is 0.0266. The van der Waals surface area contributed by atoms with E-state index in [4.69, 9.17) is 0 Å². The fraction of sp³-hybridized carbons (Fsp3) is 0.731. The summed E-state index contributed by atoms with van der Waals surface area (Å²) in [5.41, 5.74) is -0.377. The van der Waals surface area contributed by atoms with Gasteiger partial charge in [0.1, 0.15) is 6.04 Å². The summed E-state index contributed by atoms with van der Waals surface area (Å²) >= 11 is 1.64. The Morgan fingerprint density at radius 2 is 1.79 bits per heavy atom. The predicted molar refractivity (Wildman–Crippen MR) is 134 cm³/mol. The summed E-state index contributed by atoms with van der Waals surface area (Å²) in [6.45, 7) is 10.5. The lowest BCUT2D eigenvalue weighted by molar-refractivity contribution is -0.146. The summed E-state index contributed by atoms with van der Waals surface area (Å²) in [5, 5.41) is 9.07. The quantitative estimate of drug-likeness (QED) is 0.439. The second kappa shape index (κ2) is 9.69. The first-order chi connectivity index (χ1) is 16.2. The zero-order valence-corrected chi connectivity index (χ0v) is 21.7. The minimum Gasteiger partial charge on any atom is -0.396 e. The lowest BCUT2D eigenvalue weighted by Crippen LogP contribution is -2.57. The Kier molecular flexibility index (Phi) is 7.21. The number of carbonyl (C=O) groups excluding carboxylic acids is 3. The van der Waals surface area contributed by atoms with Crippen molar-refractivity contribution in [2.24, 2.45) is 11.8 Å². The maximum atomic E-state index is 14.1. The number of amides is 3. The van der Waals surface area contributed by atoms with E-state index in [1.807, 2.05) is 36.6 Å². The zero-order valence-electron chi connectivity index (χ0n) is 20.9. The Morgan fingerprint density at radius 3 is 2.47 bits per heavy atom. The smallest absolute Gasteiger partial charge is 0.247 e. The highest BCUT2D eigenvalue weighted by Gasteiger charge is 2.71. The molecule has 0 aromatic heterocycles. The number of aliphatic hydroxyl groups excluding tert-OH is 1. The van der Waals surface area contributed by atoms with E-state index in [0.29, 0.717) is 32.6 Å². The van der Waals surface area contributed by atoms with Gasteiger partial charge in [0.2, 0.25) is 17.7 Å². The topological polar surface area (TPSA) is 81.2 Å². The van der Waals surface area contributed by atoms with Crippen LogP contribution in [0.25, 0.3) is 0 Å². The molecule has 0 aromatic rings. The molecule has 8 heteroatoms. The summed E-state index contributed by atoms with van der Waals surface area (Å²) in [6.07, 6.45) is 11.3. The highest BCUT2D eigenvalue weighted by atomic mass is 32.2. The maximum absolute atomic E-state index is 14.1. The van der Waals surface area contributed by atoms with Crippen molar-refractivity contribution in [1.29, 1.82) is 0 Å². The van der Waals surface area contributed by atoms with E-state index < -0.39 is 22.6 Å². The van der Waals surface area contributed by atoms with E-state index >= 15 is 0 Å². The van der Waals surface area contributed by atoms with Crippen LogP contribution in [-0.2, 0) is 14.4 Å². The van der Waals surface area contributed by atoms with Crippen LogP contribution >= 0.6 is 11.8 Å². The van der Waals surface area contributed by atoms with E-state index in [1.54, 1.807) is 16.7 Å². The lowest BCUT2D eigenvalue weighted by Gasteiger charge is -2.40. The van der Waals surface area contributed by atoms with Gasteiger partial charge in [0.05, 0.1) is 16.6 Å². The lowest BCUT2D eigenvalue weighted by atomic mass is 9.78. The van der Waals surface area contributed by atoms with E-state index in [1.165, 1.54) is 0 Å². The molecule has 0 bridgehead atoms. The molecule has 4 aliphatic rings. The van der Waals surface area contributed by atoms with Gasteiger partial charge in [-0.15, -0.1) is 11.8 Å². The first-order valence-electron chi connectivity index (χ1n) is 12.7. The number of hydrogen-bond acceptors (Lipinski definition) is 5. The number of rotatable bonds is 7. The van der Waals surface area contributed by atoms with Crippen molar-refractivity contribution in [2.45, 2.75) is 75.0 Å². The molecule has 0 radical (unpaired) electrons. The van der Waals surface area contributed by atoms with Gasteiger partial charge >= 0.3 is 0 Å². The van der Waals surface area contributed by atoms with Gasteiger partial charge in [-0.3, -0.25) is 14.4 Å². The Balaban J connectivity index is 1.76. The molecule has 7 nitrogen and oxygen atoms in total. The van der Waals surface area contributed by atoms with Crippen LogP contribution in [0.15, 0.2) is 24.3 Å². The Morgan fingerprint density at radius 1 is 1.03 bits per heavy atom. The number of aliphatic hydroxyl groups is 1. The van der Waals surface area contributed by atoms with E-state index in [-0.39, 0.29) is 35.1 Å². The number of carbonyl (C=O) groups is 3. The van der Waals surface area contributed by atoms with Crippen LogP contribution < -0.4 is 0 Å². The maximum Gasteiger partial charge on any atom is 0.247 e. The molecule has 34 heavy (non-hydrogen) atoms. The van der Waals surface area contributed by atoms with E-state index in [0.717, 1.165) is 19.3 Å². The molecule has 188 valence electrons. The molecule has 2 saturated heterocycles. The monoisotopic (exact) mass is 489 g/mol. The van der Waals surface area contributed by atoms with Crippen LogP contribution in [0, 0.1) is 11.8 Å². The minimum atomic E-state index is -0.740. The summed E-state index contributed by atoms with van der Waals surface area (Å²) < 4.78 is -0.740. The molecule has 1 spiro atoms. The second-order valence-corrected chi connectivity index (χ2v) is 12.4. The Bertz CT molecular complexity index is 882. The third-order valence-corrected chi connectivity index (χ3v) is 9.35. The number of nitrogens with zero attached hydrogens (tertiary/aromatic N) is 3. The SMILES string of the molecule is CCCN1CC=C[C@H]2S[C@]34C=CCN(C(C)(C)C)C(=O)C3N(CCCCCO)C(=O)[C@@H]4[C@H]2C1=O. The van der Waals surface area contributed by atoms with Crippen molar-refractivity contribution in [3.05, 3.63) is 24.3 Å². The third kappa shape index (κ3) is 4.11. The molecule has 0 aliphatic carbocycles. The fourth-order valence-corrected chi connectivity index (χ4v) is 8.08. The molecular formula is C26H39N3O4S. The molecule has 4 heterocycles. The van der Waals surface area contributed by atoms with Crippen molar-refractivity contribution in [2.75, 3.05) is 32.8 Å². The normalized spacial score (nSPS) is 33.2. The molecule has 1 unspecified atom stereocenters. The number of unbranched alkanes of at least 4 members (excludes halogenated alkanes) is 2. The van der Waals surface area contributed by atoms with E-state index in [2.05, 4.69) is 25.2 Å². The van der Waals surface area contributed by atoms with Gasteiger partial charge < -0.3 is 19.8 Å². The van der Waals surface area contributed by atoms with Crippen molar-refractivity contribution < 1.29 is 19.5 Å². The van der Waals surface area contributed by atoms with Gasteiger partial charge in [-0.2, -0.15) is 0 Å². The van der Waals surface area contributed by atoms with Gasteiger partial charge in [-0.05, 0) is 46.5 Å². The molecule has 2 fully saturated rings. The third-order valence-electron chi connectivity index (χ3n) is 7.60. The van der Waals surface area contributed by atoms with Crippen LogP contribution in [0.5, 0.6) is 0 Å².